The number of benzene rings is 1. The molecule has 2 amide bonds. The lowest BCUT2D eigenvalue weighted by molar-refractivity contribution is -0.274. The molecule has 12 heteroatoms. The van der Waals surface area contributed by atoms with Gasteiger partial charge in [0.25, 0.3) is 11.8 Å². The molecule has 1 aromatic carbocycles. The molecule has 164 valence electrons. The first kappa shape index (κ1) is 23.4. The van der Waals surface area contributed by atoms with Crippen molar-refractivity contribution in [2.75, 3.05) is 20.3 Å². The Kier molecular flexibility index (Phi) is 8.42. The van der Waals surface area contributed by atoms with Crippen molar-refractivity contribution in [1.29, 1.82) is 0 Å². The third kappa shape index (κ3) is 8.25. The van der Waals surface area contributed by atoms with Crippen molar-refractivity contribution in [1.82, 2.24) is 15.6 Å². The Labute approximate surface area is 174 Å². The number of nitrogens with one attached hydrogen (secondary N) is 2. The minimum Gasteiger partial charge on any atom is -0.484 e. The maximum absolute atomic E-state index is 12.1. The van der Waals surface area contributed by atoms with Crippen LogP contribution in [0, 0.1) is 0 Å². The molecule has 2 N–H and O–H groups in total. The lowest BCUT2D eigenvalue weighted by atomic mass is 10.3. The summed E-state index contributed by atoms with van der Waals surface area (Å²) in [6.45, 7) is 1.93. The Morgan fingerprint density at radius 1 is 1.20 bits per heavy atom. The molecule has 2 aromatic rings. The summed E-state index contributed by atoms with van der Waals surface area (Å²) in [5.74, 6) is -0.979. The Morgan fingerprint density at radius 2 is 1.87 bits per heavy atom. The van der Waals surface area contributed by atoms with Gasteiger partial charge in [-0.1, -0.05) is 0 Å². The molecule has 1 heterocycles. The first-order valence-electron chi connectivity index (χ1n) is 8.66. The maximum Gasteiger partial charge on any atom is 0.573 e. The van der Waals surface area contributed by atoms with E-state index in [2.05, 4.69) is 20.4 Å². The predicted molar refractivity (Wildman–Crippen MR) is 101 cm³/mol. The van der Waals surface area contributed by atoms with Crippen molar-refractivity contribution in [2.45, 2.75) is 25.9 Å². The topological polar surface area (TPSA) is 98.8 Å². The normalized spacial score (nSPS) is 12.2. The first-order valence-corrected chi connectivity index (χ1v) is 9.53. The number of methoxy groups -OCH3 is 1. The zero-order chi connectivity index (χ0) is 22.1. The molecule has 0 aliphatic heterocycles. The zero-order valence-electron chi connectivity index (χ0n) is 16.1. The van der Waals surface area contributed by atoms with Gasteiger partial charge in [0, 0.05) is 18.5 Å². The highest BCUT2D eigenvalue weighted by Gasteiger charge is 2.31. The molecular weight excluding hydrogens is 427 g/mol. The number of halogens is 3. The number of alkyl halides is 3. The van der Waals surface area contributed by atoms with Crippen LogP contribution in [0.25, 0.3) is 0 Å². The second kappa shape index (κ2) is 10.8. The number of hydrogen-bond donors (Lipinski definition) is 2. The lowest BCUT2D eigenvalue weighted by Crippen LogP contribution is -2.35. The summed E-state index contributed by atoms with van der Waals surface area (Å²) in [5.41, 5.74) is 0.240. The van der Waals surface area contributed by atoms with Gasteiger partial charge in [-0.2, -0.15) is 0 Å². The third-order valence-corrected chi connectivity index (χ3v) is 4.29. The summed E-state index contributed by atoms with van der Waals surface area (Å²) in [6, 6.07) is 4.50. The molecule has 1 unspecified atom stereocenters. The number of carbonyl (C=O) groups excluding carboxylic acids is 2. The van der Waals surface area contributed by atoms with E-state index >= 15 is 0 Å². The van der Waals surface area contributed by atoms with E-state index < -0.39 is 12.3 Å². The van der Waals surface area contributed by atoms with Gasteiger partial charge in [-0.3, -0.25) is 9.59 Å². The highest BCUT2D eigenvalue weighted by atomic mass is 32.1. The van der Waals surface area contributed by atoms with Crippen molar-refractivity contribution < 1.29 is 37.0 Å². The van der Waals surface area contributed by atoms with Gasteiger partial charge < -0.3 is 24.8 Å². The van der Waals surface area contributed by atoms with Gasteiger partial charge in [0.05, 0.1) is 13.2 Å². The monoisotopic (exact) mass is 447 g/mol. The van der Waals surface area contributed by atoms with Gasteiger partial charge in [0.15, 0.2) is 6.61 Å². The van der Waals surface area contributed by atoms with Crippen LogP contribution >= 0.6 is 11.3 Å². The van der Waals surface area contributed by atoms with Crippen LogP contribution in [0.1, 0.15) is 22.4 Å². The molecule has 1 atom stereocenters. The molecule has 0 saturated carbocycles. The van der Waals surface area contributed by atoms with Crippen LogP contribution < -0.4 is 20.1 Å². The number of thiazole rings is 1. The van der Waals surface area contributed by atoms with Crippen molar-refractivity contribution in [3.8, 4) is 11.5 Å². The van der Waals surface area contributed by atoms with Crippen molar-refractivity contribution in [3.63, 3.8) is 0 Å². The fraction of sp³-hybridized carbons (Fsp3) is 0.389. The number of carbonyl (C=O) groups is 2. The number of nitrogens with zero attached hydrogens (tertiary/aromatic N) is 1. The van der Waals surface area contributed by atoms with Crippen molar-refractivity contribution in [2.24, 2.45) is 0 Å². The molecular formula is C18H20F3N3O5S. The average Bonchev–Trinajstić information content (AvgIpc) is 3.14. The van der Waals surface area contributed by atoms with Gasteiger partial charge in [-0.15, -0.1) is 24.5 Å². The summed E-state index contributed by atoms with van der Waals surface area (Å²) < 4.78 is 50.2. The van der Waals surface area contributed by atoms with Gasteiger partial charge in [0.1, 0.15) is 22.2 Å². The van der Waals surface area contributed by atoms with E-state index in [0.717, 1.165) is 12.1 Å². The number of rotatable bonds is 10. The largest absolute Gasteiger partial charge is 0.573 e. The van der Waals surface area contributed by atoms with E-state index in [9.17, 15) is 22.8 Å². The SMILES string of the molecule is COCC(C)NC(=O)c1csc(CNC(=O)COc2ccc(OC(F)(F)F)cc2)n1. The fourth-order valence-electron chi connectivity index (χ4n) is 2.20. The summed E-state index contributed by atoms with van der Waals surface area (Å²) in [4.78, 5) is 28.1. The van der Waals surface area contributed by atoms with E-state index in [1.165, 1.54) is 30.6 Å². The minimum atomic E-state index is -4.78. The molecule has 0 aliphatic rings. The van der Waals surface area contributed by atoms with Gasteiger partial charge in [-0.05, 0) is 31.2 Å². The van der Waals surface area contributed by atoms with Crippen LogP contribution in [0.3, 0.4) is 0 Å². The summed E-state index contributed by atoms with van der Waals surface area (Å²) >= 11 is 1.22. The van der Waals surface area contributed by atoms with Crippen LogP contribution in [-0.4, -0.2) is 49.5 Å². The standard InChI is InChI=1S/C18H20F3N3O5S/c1-11(8-27-2)23-17(26)14-10-30-16(24-14)7-22-15(25)9-28-12-3-5-13(6-4-12)29-18(19,20)21/h3-6,10-11H,7-9H2,1-2H3,(H,22,25)(H,23,26). The van der Waals surface area contributed by atoms with Gasteiger partial charge in [-0.25, -0.2) is 4.98 Å². The van der Waals surface area contributed by atoms with Crippen LogP contribution in [0.15, 0.2) is 29.6 Å². The summed E-state index contributed by atoms with van der Waals surface area (Å²) in [7, 11) is 1.54. The van der Waals surface area contributed by atoms with Crippen LogP contribution in [-0.2, 0) is 16.1 Å². The molecule has 2 rings (SSSR count). The average molecular weight is 447 g/mol. The van der Waals surface area contributed by atoms with Gasteiger partial charge >= 0.3 is 6.36 Å². The number of ether oxygens (including phenoxy) is 3. The first-order chi connectivity index (χ1) is 14.2. The molecule has 1 aromatic heterocycles. The Morgan fingerprint density at radius 3 is 2.50 bits per heavy atom. The molecule has 0 bridgehead atoms. The maximum atomic E-state index is 12.1. The van der Waals surface area contributed by atoms with Gasteiger partial charge in [0.2, 0.25) is 0 Å². The minimum absolute atomic E-state index is 0.103. The van der Waals surface area contributed by atoms with E-state index in [1.807, 2.05) is 0 Å². The smallest absolute Gasteiger partial charge is 0.484 e. The zero-order valence-corrected chi connectivity index (χ0v) is 16.9. The predicted octanol–water partition coefficient (Wildman–Crippen LogP) is 2.50. The van der Waals surface area contributed by atoms with Crippen molar-refractivity contribution in [3.05, 3.63) is 40.3 Å². The quantitative estimate of drug-likeness (QED) is 0.581. The van der Waals surface area contributed by atoms with E-state index in [4.69, 9.17) is 9.47 Å². The number of amides is 2. The van der Waals surface area contributed by atoms with Crippen molar-refractivity contribution >= 4 is 23.2 Å². The molecule has 0 aliphatic carbocycles. The van der Waals surface area contributed by atoms with E-state index in [-0.39, 0.29) is 42.3 Å². The summed E-state index contributed by atoms with van der Waals surface area (Å²) in [6.07, 6.45) is -4.78. The highest BCUT2D eigenvalue weighted by Crippen LogP contribution is 2.24. The molecule has 0 fully saturated rings. The number of hydrogen-bond acceptors (Lipinski definition) is 7. The van der Waals surface area contributed by atoms with E-state index in [1.54, 1.807) is 12.3 Å². The van der Waals surface area contributed by atoms with Crippen LogP contribution in [0.5, 0.6) is 11.5 Å². The Bertz CT molecular complexity index is 842. The van der Waals surface area contributed by atoms with Crippen LogP contribution in [0.4, 0.5) is 13.2 Å². The molecule has 30 heavy (non-hydrogen) atoms. The number of aromatic nitrogens is 1. The molecule has 0 spiro atoms. The van der Waals surface area contributed by atoms with Crippen LogP contribution in [0.2, 0.25) is 0 Å². The van der Waals surface area contributed by atoms with E-state index in [0.29, 0.717) is 11.6 Å². The summed E-state index contributed by atoms with van der Waals surface area (Å²) in [5, 5.41) is 7.43. The molecule has 8 nitrogen and oxygen atoms in total. The molecule has 0 saturated heterocycles. The Balaban J connectivity index is 1.75. The second-order valence-corrected chi connectivity index (χ2v) is 6.98. The Hall–Kier alpha value is -2.86. The third-order valence-electron chi connectivity index (χ3n) is 3.44. The molecule has 0 radical (unpaired) electrons. The fourth-order valence-corrected chi connectivity index (χ4v) is 2.91. The highest BCUT2D eigenvalue weighted by molar-refractivity contribution is 7.09. The lowest BCUT2D eigenvalue weighted by Gasteiger charge is -2.11. The second-order valence-electron chi connectivity index (χ2n) is 6.04.